The molecule has 0 aliphatic heterocycles. The van der Waals surface area contributed by atoms with Gasteiger partial charge < -0.3 is 10.4 Å². The van der Waals surface area contributed by atoms with Crippen LogP contribution in [-0.2, 0) is 16.0 Å². The number of carbonyl (C=O) groups is 2. The van der Waals surface area contributed by atoms with E-state index in [9.17, 15) is 9.59 Å². The Bertz CT molecular complexity index is 591. The maximum absolute atomic E-state index is 12.1. The van der Waals surface area contributed by atoms with Crippen molar-refractivity contribution in [3.05, 3.63) is 33.8 Å². The predicted molar refractivity (Wildman–Crippen MR) is 90.0 cm³/mol. The monoisotopic (exact) mass is 358 g/mol. The van der Waals surface area contributed by atoms with Crippen molar-refractivity contribution in [1.29, 1.82) is 0 Å². The molecule has 5 nitrogen and oxygen atoms in total. The van der Waals surface area contributed by atoms with Crippen LogP contribution in [-0.4, -0.2) is 47.1 Å². The number of nitrogens with one attached hydrogen (secondary N) is 1. The van der Waals surface area contributed by atoms with Crippen LogP contribution in [0.4, 0.5) is 0 Å². The summed E-state index contributed by atoms with van der Waals surface area (Å²) in [4.78, 5) is 24.9. The highest BCUT2D eigenvalue weighted by atomic mass is 35.5. The second kappa shape index (κ2) is 7.99. The van der Waals surface area contributed by atoms with Gasteiger partial charge >= 0.3 is 5.97 Å². The van der Waals surface area contributed by atoms with E-state index in [1.54, 1.807) is 17.9 Å². The second-order valence-electron chi connectivity index (χ2n) is 5.73. The third-order valence-corrected chi connectivity index (χ3v) is 4.80. The summed E-state index contributed by atoms with van der Waals surface area (Å²) in [5.74, 6) is -1.08. The molecule has 1 aromatic carbocycles. The summed E-state index contributed by atoms with van der Waals surface area (Å²) in [6.07, 6.45) is 2.47. The quantitative estimate of drug-likeness (QED) is 0.749. The van der Waals surface area contributed by atoms with Gasteiger partial charge in [-0.15, -0.1) is 0 Å². The minimum Gasteiger partial charge on any atom is -0.480 e. The first-order valence-electron chi connectivity index (χ1n) is 7.58. The Morgan fingerprint density at radius 2 is 2.09 bits per heavy atom. The fraction of sp³-hybridized carbons (Fsp3) is 0.500. The molecule has 1 fully saturated rings. The van der Waals surface area contributed by atoms with Crippen LogP contribution in [0.1, 0.15) is 25.3 Å². The van der Waals surface area contributed by atoms with Crippen molar-refractivity contribution < 1.29 is 14.7 Å². The first-order valence-corrected chi connectivity index (χ1v) is 8.34. The zero-order valence-electron chi connectivity index (χ0n) is 12.9. The molecule has 0 spiro atoms. The molecule has 126 valence electrons. The molecule has 7 heteroatoms. The number of carbonyl (C=O) groups excluding carboxylic acids is 1. The van der Waals surface area contributed by atoms with Crippen LogP contribution in [0.3, 0.4) is 0 Å². The molecule has 2 rings (SSSR count). The topological polar surface area (TPSA) is 69.6 Å². The Hall–Kier alpha value is -1.30. The number of nitrogens with zero attached hydrogens (tertiary/aromatic N) is 1. The number of rotatable bonds is 8. The van der Waals surface area contributed by atoms with Crippen molar-refractivity contribution in [1.82, 2.24) is 10.2 Å². The molecule has 0 aromatic heterocycles. The van der Waals surface area contributed by atoms with Crippen molar-refractivity contribution in [2.24, 2.45) is 0 Å². The van der Waals surface area contributed by atoms with Gasteiger partial charge in [0.15, 0.2) is 0 Å². The number of hydrogen-bond acceptors (Lipinski definition) is 3. The minimum absolute atomic E-state index is 0.0986. The molecular formula is C16H20Cl2N2O3. The molecule has 1 aromatic rings. The van der Waals surface area contributed by atoms with E-state index in [4.69, 9.17) is 28.3 Å². The van der Waals surface area contributed by atoms with Gasteiger partial charge in [-0.25, -0.2) is 0 Å². The molecule has 23 heavy (non-hydrogen) atoms. The molecule has 1 aliphatic carbocycles. The summed E-state index contributed by atoms with van der Waals surface area (Å²) < 4.78 is 0. The van der Waals surface area contributed by atoms with E-state index in [2.05, 4.69) is 5.32 Å². The predicted octanol–water partition coefficient (Wildman–Crippen LogP) is 2.59. The summed E-state index contributed by atoms with van der Waals surface area (Å²) >= 11 is 12.0. The van der Waals surface area contributed by atoms with Crippen LogP contribution < -0.4 is 5.32 Å². The summed E-state index contributed by atoms with van der Waals surface area (Å²) in [7, 11) is 0. The lowest BCUT2D eigenvalue weighted by molar-refractivity contribution is -0.143. The maximum atomic E-state index is 12.1. The fourth-order valence-electron chi connectivity index (χ4n) is 2.43. The molecule has 0 heterocycles. The Morgan fingerprint density at radius 3 is 2.70 bits per heavy atom. The van der Waals surface area contributed by atoms with Gasteiger partial charge in [0.25, 0.3) is 0 Å². The van der Waals surface area contributed by atoms with Crippen LogP contribution in [0.2, 0.25) is 10.0 Å². The number of amides is 1. The van der Waals surface area contributed by atoms with Gasteiger partial charge in [-0.3, -0.25) is 14.5 Å². The van der Waals surface area contributed by atoms with E-state index in [1.165, 1.54) is 0 Å². The Kier molecular flexibility index (Phi) is 6.27. The summed E-state index contributed by atoms with van der Waals surface area (Å²) in [5, 5.41) is 12.9. The van der Waals surface area contributed by atoms with Gasteiger partial charge in [-0.05, 0) is 37.8 Å². The van der Waals surface area contributed by atoms with E-state index >= 15 is 0 Å². The lowest BCUT2D eigenvalue weighted by atomic mass is 10.1. The van der Waals surface area contributed by atoms with Gasteiger partial charge in [0.2, 0.25) is 5.91 Å². The molecular weight excluding hydrogens is 339 g/mol. The number of halogens is 2. The molecule has 1 amide bonds. The maximum Gasteiger partial charge on any atom is 0.320 e. The van der Waals surface area contributed by atoms with Crippen molar-refractivity contribution in [3.8, 4) is 0 Å². The Morgan fingerprint density at radius 1 is 1.39 bits per heavy atom. The highest BCUT2D eigenvalue weighted by molar-refractivity contribution is 6.42. The molecule has 1 saturated carbocycles. The van der Waals surface area contributed by atoms with Crippen molar-refractivity contribution in [2.75, 3.05) is 13.1 Å². The van der Waals surface area contributed by atoms with E-state index in [0.29, 0.717) is 23.0 Å². The van der Waals surface area contributed by atoms with Gasteiger partial charge in [-0.2, -0.15) is 0 Å². The van der Waals surface area contributed by atoms with Crippen LogP contribution in [0.15, 0.2) is 18.2 Å². The van der Waals surface area contributed by atoms with Crippen molar-refractivity contribution in [3.63, 3.8) is 0 Å². The number of aliphatic carboxylic acids is 1. The number of hydrogen-bond donors (Lipinski definition) is 2. The molecule has 0 saturated heterocycles. The van der Waals surface area contributed by atoms with Crippen LogP contribution in [0.25, 0.3) is 0 Å². The Labute approximate surface area is 145 Å². The van der Waals surface area contributed by atoms with Crippen molar-refractivity contribution >= 4 is 35.1 Å². The van der Waals surface area contributed by atoms with Crippen LogP contribution in [0, 0.1) is 0 Å². The smallest absolute Gasteiger partial charge is 0.320 e. The minimum atomic E-state index is -0.907. The molecule has 1 aliphatic rings. The highest BCUT2D eigenvalue weighted by Crippen LogP contribution is 2.28. The summed E-state index contributed by atoms with van der Waals surface area (Å²) in [6, 6.07) is 4.94. The van der Waals surface area contributed by atoms with Crippen LogP contribution >= 0.6 is 23.2 Å². The largest absolute Gasteiger partial charge is 0.480 e. The van der Waals surface area contributed by atoms with Gasteiger partial charge in [0.1, 0.15) is 6.04 Å². The number of carboxylic acids is 1. The number of benzene rings is 1. The third kappa shape index (κ3) is 5.09. The first kappa shape index (κ1) is 18.0. The fourth-order valence-corrected chi connectivity index (χ4v) is 2.84. The van der Waals surface area contributed by atoms with Crippen molar-refractivity contribution in [2.45, 2.75) is 38.3 Å². The SMILES string of the molecule is CC(C(=O)O)N(CC(=O)NCCc1cccc(Cl)c1Cl)C1CC1. The lowest BCUT2D eigenvalue weighted by Gasteiger charge is -2.25. The molecule has 2 N–H and O–H groups in total. The van der Waals surface area contributed by atoms with E-state index in [1.807, 2.05) is 12.1 Å². The normalized spacial score (nSPS) is 15.5. The van der Waals surface area contributed by atoms with E-state index in [0.717, 1.165) is 18.4 Å². The first-order chi connectivity index (χ1) is 10.9. The van der Waals surface area contributed by atoms with Gasteiger partial charge in [-0.1, -0.05) is 35.3 Å². The van der Waals surface area contributed by atoms with E-state index < -0.39 is 12.0 Å². The highest BCUT2D eigenvalue weighted by Gasteiger charge is 2.36. The van der Waals surface area contributed by atoms with Gasteiger partial charge in [0, 0.05) is 12.6 Å². The second-order valence-corrected chi connectivity index (χ2v) is 6.52. The zero-order chi connectivity index (χ0) is 17.0. The summed E-state index contributed by atoms with van der Waals surface area (Å²) in [5.41, 5.74) is 0.873. The third-order valence-electron chi connectivity index (χ3n) is 3.95. The Balaban J connectivity index is 1.82. The average molecular weight is 359 g/mol. The number of carboxylic acid groups (broad SMARTS) is 1. The zero-order valence-corrected chi connectivity index (χ0v) is 14.4. The molecule has 0 bridgehead atoms. The molecule has 1 atom stereocenters. The molecule has 0 radical (unpaired) electrons. The van der Waals surface area contributed by atoms with E-state index in [-0.39, 0.29) is 18.5 Å². The summed E-state index contributed by atoms with van der Waals surface area (Å²) in [6.45, 7) is 2.14. The van der Waals surface area contributed by atoms with Crippen LogP contribution in [0.5, 0.6) is 0 Å². The average Bonchev–Trinajstić information content (AvgIpc) is 3.33. The van der Waals surface area contributed by atoms with Gasteiger partial charge in [0.05, 0.1) is 16.6 Å². The lowest BCUT2D eigenvalue weighted by Crippen LogP contribution is -2.46. The standard InChI is InChI=1S/C16H20Cl2N2O3/c1-10(16(22)23)20(12-5-6-12)9-14(21)19-8-7-11-3-2-4-13(17)15(11)18/h2-4,10,12H,5-9H2,1H3,(H,19,21)(H,22,23). The molecule has 1 unspecified atom stereocenters.